The maximum atomic E-state index is 14.2. The SMILES string of the molecule is CC1CCC(COc2nc(Nc3ccc(N4C[C@@H](C)O[C@@H](C)C4)cc3)ncc2F)CC1. The number of anilines is 3. The fourth-order valence-electron chi connectivity index (χ4n) is 4.48. The van der Waals surface area contributed by atoms with Crippen LogP contribution in [-0.2, 0) is 4.74 Å². The molecule has 168 valence electrons. The van der Waals surface area contributed by atoms with Crippen molar-refractivity contribution in [2.75, 3.05) is 29.9 Å². The van der Waals surface area contributed by atoms with Gasteiger partial charge < -0.3 is 19.7 Å². The Labute approximate surface area is 184 Å². The van der Waals surface area contributed by atoms with Crippen molar-refractivity contribution in [3.05, 3.63) is 36.3 Å². The van der Waals surface area contributed by atoms with Crippen LogP contribution in [0.25, 0.3) is 0 Å². The molecule has 0 radical (unpaired) electrons. The first-order chi connectivity index (χ1) is 15.0. The summed E-state index contributed by atoms with van der Waals surface area (Å²) >= 11 is 0. The van der Waals surface area contributed by atoms with Crippen molar-refractivity contribution < 1.29 is 13.9 Å². The number of rotatable bonds is 6. The molecule has 1 saturated carbocycles. The Kier molecular flexibility index (Phi) is 6.90. The topological polar surface area (TPSA) is 59.5 Å². The normalized spacial score (nSPS) is 26.5. The minimum atomic E-state index is -0.527. The number of ether oxygens (including phenoxy) is 2. The summed E-state index contributed by atoms with van der Waals surface area (Å²) in [6.45, 7) is 8.73. The summed E-state index contributed by atoms with van der Waals surface area (Å²) in [5.41, 5.74) is 2.00. The summed E-state index contributed by atoms with van der Waals surface area (Å²) in [6, 6.07) is 8.10. The van der Waals surface area contributed by atoms with Crippen molar-refractivity contribution in [3.8, 4) is 5.88 Å². The van der Waals surface area contributed by atoms with Crippen LogP contribution in [0.15, 0.2) is 30.5 Å². The molecule has 2 heterocycles. The third-order valence-electron chi connectivity index (χ3n) is 6.21. The van der Waals surface area contributed by atoms with Gasteiger partial charge in [-0.2, -0.15) is 9.37 Å². The Morgan fingerprint density at radius 3 is 2.42 bits per heavy atom. The Morgan fingerprint density at radius 1 is 1.06 bits per heavy atom. The van der Waals surface area contributed by atoms with E-state index in [-0.39, 0.29) is 18.1 Å². The van der Waals surface area contributed by atoms with E-state index in [0.717, 1.165) is 43.2 Å². The number of morpholine rings is 1. The van der Waals surface area contributed by atoms with Crippen molar-refractivity contribution in [1.29, 1.82) is 0 Å². The fraction of sp³-hybridized carbons (Fsp3) is 0.583. The first-order valence-corrected chi connectivity index (χ1v) is 11.4. The molecule has 1 aromatic carbocycles. The second-order valence-electron chi connectivity index (χ2n) is 9.12. The summed E-state index contributed by atoms with van der Waals surface area (Å²) in [4.78, 5) is 10.6. The molecule has 1 aliphatic carbocycles. The van der Waals surface area contributed by atoms with E-state index in [2.05, 4.69) is 53.1 Å². The van der Waals surface area contributed by atoms with Crippen molar-refractivity contribution in [2.45, 2.75) is 58.7 Å². The standard InChI is InChI=1S/C24H33FN4O2/c1-16-4-6-19(7-5-16)15-30-23-22(25)12-26-24(28-23)27-20-8-10-21(11-9-20)29-13-17(2)31-18(3)14-29/h8-12,16-19H,4-7,13-15H2,1-3H3,(H,26,27,28)/t16?,17-,18+,19?. The van der Waals surface area contributed by atoms with Crippen molar-refractivity contribution >= 4 is 17.3 Å². The van der Waals surface area contributed by atoms with Crippen LogP contribution >= 0.6 is 0 Å². The van der Waals surface area contributed by atoms with Crippen LogP contribution in [0, 0.1) is 17.7 Å². The number of hydrogen-bond acceptors (Lipinski definition) is 6. The maximum Gasteiger partial charge on any atom is 0.255 e. The molecule has 31 heavy (non-hydrogen) atoms. The van der Waals surface area contributed by atoms with E-state index in [9.17, 15) is 4.39 Å². The molecule has 0 spiro atoms. The quantitative estimate of drug-likeness (QED) is 0.684. The van der Waals surface area contributed by atoms with E-state index in [1.54, 1.807) is 0 Å². The number of nitrogens with one attached hydrogen (secondary N) is 1. The molecule has 6 nitrogen and oxygen atoms in total. The van der Waals surface area contributed by atoms with Crippen LogP contribution in [0.5, 0.6) is 5.88 Å². The van der Waals surface area contributed by atoms with Gasteiger partial charge in [0.25, 0.3) is 5.88 Å². The molecule has 1 aromatic heterocycles. The zero-order valence-corrected chi connectivity index (χ0v) is 18.7. The first-order valence-electron chi connectivity index (χ1n) is 11.4. The van der Waals surface area contributed by atoms with Gasteiger partial charge in [-0.15, -0.1) is 0 Å². The molecule has 1 saturated heterocycles. The van der Waals surface area contributed by atoms with Gasteiger partial charge >= 0.3 is 0 Å². The summed E-state index contributed by atoms with van der Waals surface area (Å²) in [6.07, 6.45) is 6.28. The molecule has 0 bridgehead atoms. The van der Waals surface area contributed by atoms with Gasteiger partial charge in [0.1, 0.15) is 0 Å². The average molecular weight is 429 g/mol. The molecule has 2 fully saturated rings. The largest absolute Gasteiger partial charge is 0.475 e. The minimum Gasteiger partial charge on any atom is -0.475 e. The number of hydrogen-bond donors (Lipinski definition) is 1. The van der Waals surface area contributed by atoms with Gasteiger partial charge in [0.05, 0.1) is 25.0 Å². The van der Waals surface area contributed by atoms with Gasteiger partial charge in [-0.3, -0.25) is 0 Å². The Morgan fingerprint density at radius 2 is 1.74 bits per heavy atom. The second-order valence-corrected chi connectivity index (χ2v) is 9.12. The molecule has 7 heteroatoms. The maximum absolute atomic E-state index is 14.2. The van der Waals surface area contributed by atoms with Gasteiger partial charge in [0.15, 0.2) is 0 Å². The lowest BCUT2D eigenvalue weighted by atomic mass is 9.83. The monoisotopic (exact) mass is 428 g/mol. The Bertz CT molecular complexity index is 845. The van der Waals surface area contributed by atoms with Crippen molar-refractivity contribution in [2.24, 2.45) is 11.8 Å². The van der Waals surface area contributed by atoms with Crippen molar-refractivity contribution in [1.82, 2.24) is 9.97 Å². The molecular formula is C24H33FN4O2. The number of nitrogens with zero attached hydrogens (tertiary/aromatic N) is 3. The van der Waals surface area contributed by atoms with E-state index in [1.165, 1.54) is 19.0 Å². The van der Waals surface area contributed by atoms with E-state index >= 15 is 0 Å². The number of halogens is 1. The minimum absolute atomic E-state index is 0.0176. The van der Waals surface area contributed by atoms with Crippen molar-refractivity contribution in [3.63, 3.8) is 0 Å². The predicted octanol–water partition coefficient (Wildman–Crippen LogP) is 5.18. The molecule has 2 aromatic rings. The molecule has 1 aliphatic heterocycles. The predicted molar refractivity (Wildman–Crippen MR) is 121 cm³/mol. The van der Waals surface area contributed by atoms with Gasteiger partial charge in [-0.25, -0.2) is 4.98 Å². The second kappa shape index (κ2) is 9.81. The highest BCUT2D eigenvalue weighted by Gasteiger charge is 2.22. The third kappa shape index (κ3) is 5.85. The molecule has 1 N–H and O–H groups in total. The first kappa shape index (κ1) is 21.8. The molecule has 2 atom stereocenters. The average Bonchev–Trinajstić information content (AvgIpc) is 2.75. The van der Waals surface area contributed by atoms with E-state index < -0.39 is 5.82 Å². The zero-order valence-electron chi connectivity index (χ0n) is 18.7. The van der Waals surface area contributed by atoms with Crippen LogP contribution in [0.2, 0.25) is 0 Å². The molecule has 2 aliphatic rings. The van der Waals surface area contributed by atoms with Gasteiger partial charge in [0, 0.05) is 24.5 Å². The highest BCUT2D eigenvalue weighted by atomic mass is 19.1. The smallest absolute Gasteiger partial charge is 0.255 e. The number of aromatic nitrogens is 2. The molecular weight excluding hydrogens is 395 g/mol. The lowest BCUT2D eigenvalue weighted by Gasteiger charge is -2.36. The molecule has 0 unspecified atom stereocenters. The summed E-state index contributed by atoms with van der Waals surface area (Å²) in [5.74, 6) is 1.07. The van der Waals surface area contributed by atoms with Crippen LogP contribution in [-0.4, -0.2) is 41.9 Å². The molecule has 4 rings (SSSR count). The highest BCUT2D eigenvalue weighted by molar-refractivity contribution is 5.59. The van der Waals surface area contributed by atoms with Crippen LogP contribution < -0.4 is 15.0 Å². The lowest BCUT2D eigenvalue weighted by Crippen LogP contribution is -2.45. The van der Waals surface area contributed by atoms with Crippen LogP contribution in [0.3, 0.4) is 0 Å². The number of benzene rings is 1. The highest BCUT2D eigenvalue weighted by Crippen LogP contribution is 2.29. The Balaban J connectivity index is 1.36. The zero-order chi connectivity index (χ0) is 21.8. The van der Waals surface area contributed by atoms with E-state index in [1.807, 2.05) is 12.1 Å². The fourth-order valence-corrected chi connectivity index (χ4v) is 4.48. The van der Waals surface area contributed by atoms with Crippen LogP contribution in [0.4, 0.5) is 21.7 Å². The lowest BCUT2D eigenvalue weighted by molar-refractivity contribution is -0.00521. The van der Waals surface area contributed by atoms with Gasteiger partial charge in [-0.05, 0) is 62.8 Å². The summed E-state index contributed by atoms with van der Waals surface area (Å²) in [7, 11) is 0. The Hall–Kier alpha value is -2.41. The van der Waals surface area contributed by atoms with Gasteiger partial charge in [-0.1, -0.05) is 19.8 Å². The van der Waals surface area contributed by atoms with E-state index in [4.69, 9.17) is 9.47 Å². The van der Waals surface area contributed by atoms with E-state index in [0.29, 0.717) is 18.5 Å². The van der Waals surface area contributed by atoms with Gasteiger partial charge in [0.2, 0.25) is 11.8 Å². The molecule has 0 amide bonds. The summed E-state index contributed by atoms with van der Waals surface area (Å²) < 4.78 is 25.7. The van der Waals surface area contributed by atoms with Crippen LogP contribution in [0.1, 0.15) is 46.5 Å². The third-order valence-corrected chi connectivity index (χ3v) is 6.21. The summed E-state index contributed by atoms with van der Waals surface area (Å²) in [5, 5.41) is 3.15.